The maximum absolute atomic E-state index is 12.8. The monoisotopic (exact) mass is 333 g/mol. The Kier molecular flexibility index (Phi) is 6.67. The predicted molar refractivity (Wildman–Crippen MR) is 97.6 cm³/mol. The van der Waals surface area contributed by atoms with Crippen LogP contribution in [0.15, 0.2) is 18.2 Å². The molecule has 1 aliphatic rings. The van der Waals surface area contributed by atoms with E-state index in [4.69, 9.17) is 9.47 Å². The standard InChI is InChI=1S/C20H31NO3/c1-5-7-13-23-18-11-10-17(14-15(18)3)21-19(22)20(4,16-8-9-16)24-12-6-2/h10-11,14,16H,5-9,12-13H2,1-4H3,(H,21,22). The number of nitrogens with one attached hydrogen (secondary N) is 1. The Morgan fingerprint density at radius 2 is 2.00 bits per heavy atom. The van der Waals surface area contributed by atoms with Crippen LogP contribution in [0.4, 0.5) is 5.69 Å². The zero-order chi connectivity index (χ0) is 17.6. The second-order valence-electron chi connectivity index (χ2n) is 6.87. The molecule has 1 aliphatic carbocycles. The van der Waals surface area contributed by atoms with Gasteiger partial charge in [-0.15, -0.1) is 0 Å². The largest absolute Gasteiger partial charge is 0.493 e. The van der Waals surface area contributed by atoms with E-state index in [-0.39, 0.29) is 5.91 Å². The lowest BCUT2D eigenvalue weighted by molar-refractivity contribution is -0.142. The molecule has 0 aliphatic heterocycles. The van der Waals surface area contributed by atoms with E-state index in [9.17, 15) is 4.79 Å². The lowest BCUT2D eigenvalue weighted by atomic mass is 9.98. The highest BCUT2D eigenvalue weighted by Gasteiger charge is 2.48. The van der Waals surface area contributed by atoms with Gasteiger partial charge in [0.25, 0.3) is 5.91 Å². The van der Waals surface area contributed by atoms with E-state index in [1.54, 1.807) is 0 Å². The second-order valence-corrected chi connectivity index (χ2v) is 6.87. The number of benzene rings is 1. The van der Waals surface area contributed by atoms with Gasteiger partial charge in [0.15, 0.2) is 0 Å². The molecule has 0 saturated heterocycles. The van der Waals surface area contributed by atoms with Crippen molar-refractivity contribution in [3.05, 3.63) is 23.8 Å². The van der Waals surface area contributed by atoms with E-state index in [1.165, 1.54) is 0 Å². The Morgan fingerprint density at radius 3 is 2.58 bits per heavy atom. The van der Waals surface area contributed by atoms with Crippen molar-refractivity contribution in [2.75, 3.05) is 18.5 Å². The van der Waals surface area contributed by atoms with Crippen LogP contribution >= 0.6 is 0 Å². The van der Waals surface area contributed by atoms with Gasteiger partial charge >= 0.3 is 0 Å². The Balaban J connectivity index is 2.01. The maximum Gasteiger partial charge on any atom is 0.256 e. The molecule has 1 amide bonds. The Morgan fingerprint density at radius 1 is 1.25 bits per heavy atom. The molecule has 1 aromatic rings. The molecule has 1 saturated carbocycles. The minimum Gasteiger partial charge on any atom is -0.493 e. The minimum absolute atomic E-state index is 0.0440. The average Bonchev–Trinajstić information content (AvgIpc) is 3.40. The predicted octanol–water partition coefficient (Wildman–Crippen LogP) is 4.71. The normalized spacial score (nSPS) is 16.5. The van der Waals surface area contributed by atoms with E-state index < -0.39 is 5.60 Å². The van der Waals surface area contributed by atoms with Crippen LogP contribution in [-0.4, -0.2) is 24.7 Å². The fourth-order valence-electron chi connectivity index (χ4n) is 2.79. The molecular formula is C20H31NO3. The molecule has 0 radical (unpaired) electrons. The van der Waals surface area contributed by atoms with Crippen LogP contribution in [0.1, 0.15) is 58.4 Å². The number of hydrogen-bond donors (Lipinski definition) is 1. The summed E-state index contributed by atoms with van der Waals surface area (Å²) in [4.78, 5) is 12.8. The number of amides is 1. The van der Waals surface area contributed by atoms with Gasteiger partial charge in [0.05, 0.1) is 6.61 Å². The summed E-state index contributed by atoms with van der Waals surface area (Å²) in [6.07, 6.45) is 5.21. The molecule has 1 aromatic carbocycles. The number of hydrogen-bond acceptors (Lipinski definition) is 3. The lowest BCUT2D eigenvalue weighted by Crippen LogP contribution is -2.45. The number of ether oxygens (including phenoxy) is 2. The zero-order valence-electron chi connectivity index (χ0n) is 15.5. The fourth-order valence-corrected chi connectivity index (χ4v) is 2.79. The summed E-state index contributed by atoms with van der Waals surface area (Å²) < 4.78 is 11.7. The molecule has 2 rings (SSSR count). The van der Waals surface area contributed by atoms with Gasteiger partial charge in [-0.25, -0.2) is 0 Å². The first-order valence-electron chi connectivity index (χ1n) is 9.20. The Labute approximate surface area is 145 Å². The summed E-state index contributed by atoms with van der Waals surface area (Å²) in [6, 6.07) is 5.80. The summed E-state index contributed by atoms with van der Waals surface area (Å²) in [5.41, 5.74) is 1.11. The molecule has 134 valence electrons. The first kappa shape index (κ1) is 18.8. The van der Waals surface area contributed by atoms with Crippen LogP contribution in [0.25, 0.3) is 0 Å². The van der Waals surface area contributed by atoms with Gasteiger partial charge in [-0.3, -0.25) is 4.79 Å². The van der Waals surface area contributed by atoms with E-state index in [1.807, 2.05) is 32.0 Å². The number of carbonyl (C=O) groups excluding carboxylic acids is 1. The molecule has 1 unspecified atom stereocenters. The first-order chi connectivity index (χ1) is 11.5. The summed E-state index contributed by atoms with van der Waals surface area (Å²) in [5.74, 6) is 1.17. The van der Waals surface area contributed by atoms with Crippen molar-refractivity contribution in [2.24, 2.45) is 5.92 Å². The smallest absolute Gasteiger partial charge is 0.256 e. The number of unbranched alkanes of at least 4 members (excludes halogenated alkanes) is 1. The molecule has 4 heteroatoms. The summed E-state index contributed by atoms with van der Waals surface area (Å²) in [6.45, 7) is 9.48. The molecule has 4 nitrogen and oxygen atoms in total. The molecule has 0 heterocycles. The summed E-state index contributed by atoms with van der Waals surface area (Å²) in [5, 5.41) is 3.03. The van der Waals surface area contributed by atoms with Crippen LogP contribution in [0.3, 0.4) is 0 Å². The van der Waals surface area contributed by atoms with Crippen molar-refractivity contribution < 1.29 is 14.3 Å². The van der Waals surface area contributed by atoms with E-state index in [0.717, 1.165) is 55.7 Å². The maximum atomic E-state index is 12.8. The van der Waals surface area contributed by atoms with E-state index in [0.29, 0.717) is 12.5 Å². The van der Waals surface area contributed by atoms with E-state index >= 15 is 0 Å². The van der Waals surface area contributed by atoms with Gasteiger partial charge in [-0.05, 0) is 69.2 Å². The fraction of sp³-hybridized carbons (Fsp3) is 0.650. The lowest BCUT2D eigenvalue weighted by Gasteiger charge is -2.28. The highest BCUT2D eigenvalue weighted by molar-refractivity contribution is 5.97. The SMILES string of the molecule is CCCCOc1ccc(NC(=O)C(C)(OCCC)C2CC2)cc1C. The summed E-state index contributed by atoms with van der Waals surface area (Å²) in [7, 11) is 0. The molecule has 0 bridgehead atoms. The highest BCUT2D eigenvalue weighted by Crippen LogP contribution is 2.42. The van der Waals surface area contributed by atoms with Gasteiger partial charge in [0.1, 0.15) is 11.4 Å². The van der Waals surface area contributed by atoms with Crippen molar-refractivity contribution in [2.45, 2.75) is 65.4 Å². The Bertz CT molecular complexity index is 554. The first-order valence-corrected chi connectivity index (χ1v) is 9.20. The van der Waals surface area contributed by atoms with E-state index in [2.05, 4.69) is 19.2 Å². The summed E-state index contributed by atoms with van der Waals surface area (Å²) >= 11 is 0. The number of anilines is 1. The third-order valence-corrected chi connectivity index (χ3v) is 4.60. The van der Waals surface area contributed by atoms with Crippen molar-refractivity contribution in [3.8, 4) is 5.75 Å². The number of aryl methyl sites for hydroxylation is 1. The average molecular weight is 333 g/mol. The van der Waals surface area contributed by atoms with Crippen LogP contribution in [-0.2, 0) is 9.53 Å². The van der Waals surface area contributed by atoms with Crippen molar-refractivity contribution in [1.82, 2.24) is 0 Å². The third-order valence-electron chi connectivity index (χ3n) is 4.60. The molecule has 0 aromatic heterocycles. The van der Waals surface area contributed by atoms with Gasteiger partial charge in [-0.2, -0.15) is 0 Å². The molecule has 24 heavy (non-hydrogen) atoms. The molecule has 1 fully saturated rings. The van der Waals surface area contributed by atoms with Crippen molar-refractivity contribution in [3.63, 3.8) is 0 Å². The molecule has 1 N–H and O–H groups in total. The number of carbonyl (C=O) groups is 1. The molecular weight excluding hydrogens is 302 g/mol. The quantitative estimate of drug-likeness (QED) is 0.631. The van der Waals surface area contributed by atoms with Gasteiger partial charge in [-0.1, -0.05) is 20.3 Å². The van der Waals surface area contributed by atoms with Crippen molar-refractivity contribution in [1.29, 1.82) is 0 Å². The second kappa shape index (κ2) is 8.52. The van der Waals surface area contributed by atoms with Gasteiger partial charge in [0, 0.05) is 12.3 Å². The van der Waals surface area contributed by atoms with Crippen LogP contribution in [0.5, 0.6) is 5.75 Å². The van der Waals surface area contributed by atoms with Gasteiger partial charge < -0.3 is 14.8 Å². The topological polar surface area (TPSA) is 47.6 Å². The molecule has 1 atom stereocenters. The number of rotatable bonds is 10. The zero-order valence-corrected chi connectivity index (χ0v) is 15.5. The Hall–Kier alpha value is -1.55. The third kappa shape index (κ3) is 4.73. The van der Waals surface area contributed by atoms with Crippen molar-refractivity contribution >= 4 is 11.6 Å². The van der Waals surface area contributed by atoms with Crippen LogP contribution < -0.4 is 10.1 Å². The molecule has 0 spiro atoms. The minimum atomic E-state index is -0.722. The van der Waals surface area contributed by atoms with Gasteiger partial charge in [0.2, 0.25) is 0 Å². The highest BCUT2D eigenvalue weighted by atomic mass is 16.5. The van der Waals surface area contributed by atoms with Crippen LogP contribution in [0, 0.1) is 12.8 Å². The van der Waals surface area contributed by atoms with Crippen LogP contribution in [0.2, 0.25) is 0 Å².